The summed E-state index contributed by atoms with van der Waals surface area (Å²) in [5.41, 5.74) is 4.23. The Hall–Kier alpha value is -4.27. The number of nitrogens with one attached hydrogen (secondary N) is 2. The molecule has 0 aromatic heterocycles. The molecule has 5 N–H and O–H groups in total. The standard InChI is InChI=1S/C22H28N4O8/c1-6-26(20(31)14(11-16(23)28)25-21(32)34-22(2,3)4)18(13-9-7-8-10-15(13)27)19(30)24-12-17(29)33-5/h1,7-10,14,18,27H,11-12H2,2-5H3,(H2,23,28)(H,24,30)(H,25,32). The number of hydrogen-bond acceptors (Lipinski definition) is 8. The van der Waals surface area contributed by atoms with E-state index in [1.807, 2.05) is 6.04 Å². The third kappa shape index (κ3) is 8.34. The van der Waals surface area contributed by atoms with Crippen LogP contribution in [0.15, 0.2) is 24.3 Å². The Labute approximate surface area is 196 Å². The molecule has 0 spiro atoms. The van der Waals surface area contributed by atoms with Gasteiger partial charge in [0.05, 0.1) is 13.5 Å². The minimum atomic E-state index is -1.64. The average Bonchev–Trinajstić information content (AvgIpc) is 2.73. The fourth-order valence-corrected chi connectivity index (χ4v) is 2.73. The summed E-state index contributed by atoms with van der Waals surface area (Å²) < 4.78 is 9.58. The van der Waals surface area contributed by atoms with Crippen LogP contribution in [-0.4, -0.2) is 65.1 Å². The number of benzene rings is 1. The zero-order valence-corrected chi connectivity index (χ0v) is 19.3. The lowest BCUT2D eigenvalue weighted by Crippen LogP contribution is -2.52. The van der Waals surface area contributed by atoms with Crippen LogP contribution >= 0.6 is 0 Å². The molecule has 2 unspecified atom stereocenters. The molecule has 0 fully saturated rings. The van der Waals surface area contributed by atoms with Crippen molar-refractivity contribution in [1.29, 1.82) is 0 Å². The summed E-state index contributed by atoms with van der Waals surface area (Å²) in [7, 11) is 1.11. The summed E-state index contributed by atoms with van der Waals surface area (Å²) in [4.78, 5) is 62.1. The van der Waals surface area contributed by atoms with Crippen molar-refractivity contribution in [2.45, 2.75) is 44.9 Å². The van der Waals surface area contributed by atoms with Crippen molar-refractivity contribution < 1.29 is 38.6 Å². The summed E-state index contributed by atoms with van der Waals surface area (Å²) in [5, 5.41) is 14.8. The lowest BCUT2D eigenvalue weighted by atomic mass is 10.0. The second kappa shape index (κ2) is 12.1. The third-order valence-electron chi connectivity index (χ3n) is 4.14. The molecule has 0 saturated heterocycles. The van der Waals surface area contributed by atoms with Gasteiger partial charge in [-0.15, -0.1) is 0 Å². The quantitative estimate of drug-likeness (QED) is 0.217. The normalized spacial score (nSPS) is 12.3. The molecule has 0 aliphatic carbocycles. The first-order chi connectivity index (χ1) is 15.8. The van der Waals surface area contributed by atoms with Gasteiger partial charge in [0.15, 0.2) is 6.04 Å². The molecule has 12 nitrogen and oxygen atoms in total. The van der Waals surface area contributed by atoms with Crippen molar-refractivity contribution in [3.05, 3.63) is 29.8 Å². The molecule has 0 aliphatic rings. The van der Waals surface area contributed by atoms with E-state index in [1.165, 1.54) is 24.3 Å². The number of carbonyl (C=O) groups excluding carboxylic acids is 5. The number of rotatable bonds is 9. The predicted octanol–water partition coefficient (Wildman–Crippen LogP) is -0.0895. The molecule has 1 rings (SSSR count). The monoisotopic (exact) mass is 476 g/mol. The molecule has 1 aromatic rings. The van der Waals surface area contributed by atoms with E-state index in [-0.39, 0.29) is 11.3 Å². The van der Waals surface area contributed by atoms with Gasteiger partial charge in [0, 0.05) is 11.6 Å². The maximum atomic E-state index is 13.3. The van der Waals surface area contributed by atoms with Crippen LogP contribution in [0, 0.1) is 12.5 Å². The number of hydrogen-bond donors (Lipinski definition) is 4. The summed E-state index contributed by atoms with van der Waals surface area (Å²) in [6.45, 7) is 4.22. The highest BCUT2D eigenvalue weighted by molar-refractivity contribution is 5.96. The zero-order chi connectivity index (χ0) is 26.1. The van der Waals surface area contributed by atoms with Gasteiger partial charge in [0.2, 0.25) is 11.8 Å². The summed E-state index contributed by atoms with van der Waals surface area (Å²) in [5.74, 6) is -4.09. The number of para-hydroxylation sites is 1. The first-order valence-electron chi connectivity index (χ1n) is 10.00. The highest BCUT2D eigenvalue weighted by Gasteiger charge is 2.37. The zero-order valence-electron chi connectivity index (χ0n) is 19.3. The van der Waals surface area contributed by atoms with Crippen LogP contribution in [-0.2, 0) is 28.7 Å². The van der Waals surface area contributed by atoms with Crippen LogP contribution in [0.3, 0.4) is 0 Å². The van der Waals surface area contributed by atoms with Crippen LogP contribution in [0.4, 0.5) is 4.79 Å². The Morgan fingerprint density at radius 1 is 1.21 bits per heavy atom. The topological polar surface area (TPSA) is 177 Å². The van der Waals surface area contributed by atoms with Gasteiger partial charge in [-0.2, -0.15) is 0 Å². The molecular formula is C22H28N4O8. The van der Waals surface area contributed by atoms with Crippen molar-refractivity contribution in [2.75, 3.05) is 13.7 Å². The van der Waals surface area contributed by atoms with E-state index in [0.717, 1.165) is 7.11 Å². The Morgan fingerprint density at radius 3 is 2.32 bits per heavy atom. The SMILES string of the molecule is C#CN(C(=O)C(CC(N)=O)NC(=O)OC(C)(C)C)C(C(=O)NCC(=O)OC)c1ccccc1O. The highest BCUT2D eigenvalue weighted by atomic mass is 16.6. The van der Waals surface area contributed by atoms with Crippen molar-refractivity contribution in [2.24, 2.45) is 5.73 Å². The molecule has 34 heavy (non-hydrogen) atoms. The van der Waals surface area contributed by atoms with Crippen LogP contribution in [0.25, 0.3) is 0 Å². The van der Waals surface area contributed by atoms with Gasteiger partial charge < -0.3 is 30.9 Å². The van der Waals surface area contributed by atoms with Crippen LogP contribution < -0.4 is 16.4 Å². The number of nitrogens with two attached hydrogens (primary N) is 1. The summed E-state index contributed by atoms with van der Waals surface area (Å²) in [6.07, 6.45) is 3.84. The number of nitrogens with zero attached hydrogens (tertiary/aromatic N) is 1. The van der Waals surface area contributed by atoms with E-state index in [9.17, 15) is 29.1 Å². The van der Waals surface area contributed by atoms with Gasteiger partial charge in [-0.25, -0.2) is 4.79 Å². The Balaban J connectivity index is 3.38. The van der Waals surface area contributed by atoms with E-state index in [2.05, 4.69) is 15.4 Å². The van der Waals surface area contributed by atoms with Gasteiger partial charge >= 0.3 is 12.1 Å². The summed E-state index contributed by atoms with van der Waals surface area (Å²) >= 11 is 0. The molecule has 1 aromatic carbocycles. The van der Waals surface area contributed by atoms with Crippen molar-refractivity contribution in [3.8, 4) is 18.2 Å². The number of esters is 1. The van der Waals surface area contributed by atoms with E-state index < -0.39 is 60.4 Å². The molecule has 4 amide bonds. The Kier molecular flexibility index (Phi) is 9.88. The van der Waals surface area contributed by atoms with Gasteiger partial charge in [-0.1, -0.05) is 24.6 Å². The maximum absolute atomic E-state index is 13.3. The van der Waals surface area contributed by atoms with E-state index in [0.29, 0.717) is 4.90 Å². The van der Waals surface area contributed by atoms with Crippen molar-refractivity contribution >= 4 is 29.8 Å². The smallest absolute Gasteiger partial charge is 0.408 e. The fourth-order valence-electron chi connectivity index (χ4n) is 2.73. The third-order valence-corrected chi connectivity index (χ3v) is 4.14. The first kappa shape index (κ1) is 27.8. The van der Waals surface area contributed by atoms with Crippen LogP contribution in [0.2, 0.25) is 0 Å². The van der Waals surface area contributed by atoms with Gasteiger partial charge in [-0.3, -0.25) is 24.1 Å². The fraction of sp³-hybridized carbons (Fsp3) is 0.409. The van der Waals surface area contributed by atoms with Crippen LogP contribution in [0.1, 0.15) is 38.8 Å². The number of alkyl carbamates (subject to hydrolysis) is 1. The number of aromatic hydroxyl groups is 1. The number of methoxy groups -OCH3 is 1. The van der Waals surface area contributed by atoms with E-state index in [4.69, 9.17) is 16.9 Å². The number of phenolic OH excluding ortho intramolecular Hbond substituents is 1. The largest absolute Gasteiger partial charge is 0.508 e. The molecule has 0 heterocycles. The molecule has 0 bridgehead atoms. The maximum Gasteiger partial charge on any atom is 0.408 e. The number of carbonyl (C=O) groups is 5. The molecule has 12 heteroatoms. The molecular weight excluding hydrogens is 448 g/mol. The predicted molar refractivity (Wildman–Crippen MR) is 119 cm³/mol. The highest BCUT2D eigenvalue weighted by Crippen LogP contribution is 2.29. The lowest BCUT2D eigenvalue weighted by Gasteiger charge is -2.30. The van der Waals surface area contributed by atoms with Gasteiger partial charge in [0.25, 0.3) is 5.91 Å². The minimum absolute atomic E-state index is 0.0775. The summed E-state index contributed by atoms with van der Waals surface area (Å²) in [6, 6.07) is 4.35. The van der Waals surface area contributed by atoms with Crippen molar-refractivity contribution in [1.82, 2.24) is 15.5 Å². The molecule has 2 atom stereocenters. The number of terminal acetylenes is 1. The van der Waals surface area contributed by atoms with Crippen molar-refractivity contribution in [3.63, 3.8) is 0 Å². The second-order valence-corrected chi connectivity index (χ2v) is 7.96. The lowest BCUT2D eigenvalue weighted by molar-refractivity contribution is -0.143. The van der Waals surface area contributed by atoms with E-state index in [1.54, 1.807) is 20.8 Å². The Morgan fingerprint density at radius 2 is 1.82 bits per heavy atom. The number of phenols is 1. The molecule has 0 radical (unpaired) electrons. The number of ether oxygens (including phenoxy) is 2. The van der Waals surface area contributed by atoms with Crippen LogP contribution in [0.5, 0.6) is 5.75 Å². The Bertz CT molecular complexity index is 980. The average molecular weight is 476 g/mol. The number of primary amides is 1. The molecule has 0 saturated carbocycles. The number of amides is 4. The minimum Gasteiger partial charge on any atom is -0.508 e. The molecule has 184 valence electrons. The van der Waals surface area contributed by atoms with E-state index >= 15 is 0 Å². The first-order valence-corrected chi connectivity index (χ1v) is 10.00. The van der Waals surface area contributed by atoms with Gasteiger partial charge in [0.1, 0.15) is 23.9 Å². The van der Waals surface area contributed by atoms with Gasteiger partial charge in [-0.05, 0) is 26.8 Å². The molecule has 0 aliphatic heterocycles. The second-order valence-electron chi connectivity index (χ2n) is 7.96.